The fourth-order valence-corrected chi connectivity index (χ4v) is 4.47. The monoisotopic (exact) mass is 432 g/mol. The number of nitrogen functional groups attached to an aromatic ring is 1. The summed E-state index contributed by atoms with van der Waals surface area (Å²) in [5, 5.41) is 20.7. The lowest BCUT2D eigenvalue weighted by Gasteiger charge is -2.30. The van der Waals surface area contributed by atoms with Crippen LogP contribution in [-0.2, 0) is 18.6 Å². The SMILES string of the molecule is Nc1nc(=O)c2ncn([C@@H]3O[C@H](COP(=O)(O)N4CCOCC4)[C@@H](O)[C@H]3O)c2[nH]1. The third kappa shape index (κ3) is 3.81. The van der Waals surface area contributed by atoms with Gasteiger partial charge in [0.1, 0.15) is 24.0 Å². The molecule has 2 saturated heterocycles. The number of anilines is 1. The van der Waals surface area contributed by atoms with Crippen LogP contribution in [0.15, 0.2) is 11.1 Å². The predicted octanol–water partition coefficient (Wildman–Crippen LogP) is -2.23. The molecule has 0 radical (unpaired) electrons. The molecular weight excluding hydrogens is 411 g/mol. The molecule has 15 heteroatoms. The van der Waals surface area contributed by atoms with E-state index < -0.39 is 44.5 Å². The third-order valence-electron chi connectivity index (χ3n) is 4.83. The lowest BCUT2D eigenvalue weighted by molar-refractivity contribution is -0.0507. The van der Waals surface area contributed by atoms with Crippen LogP contribution in [0.5, 0.6) is 0 Å². The average Bonchev–Trinajstić information content (AvgIpc) is 3.23. The van der Waals surface area contributed by atoms with Gasteiger partial charge in [0.15, 0.2) is 11.7 Å². The Labute approximate surface area is 163 Å². The standard InChI is InChI=1S/C14H21N6O8P/c15-14-17-11-8(12(23)18-14)16-6-20(11)13-10(22)9(21)7(28-13)5-27-29(24,25)19-1-3-26-4-2-19/h6-7,9-10,13,21-22H,1-5H2,(H,24,25)(H3,15,17,18,23)/t7-,9-,10-,13-/m1/s1. The van der Waals surface area contributed by atoms with Gasteiger partial charge in [0, 0.05) is 13.1 Å². The zero-order valence-corrected chi connectivity index (χ0v) is 16.0. The van der Waals surface area contributed by atoms with E-state index >= 15 is 0 Å². The summed E-state index contributed by atoms with van der Waals surface area (Å²) in [6, 6.07) is 0. The topological polar surface area (TPSA) is 198 Å². The minimum absolute atomic E-state index is 0.0173. The maximum absolute atomic E-state index is 12.4. The molecule has 2 aliphatic rings. The molecule has 0 amide bonds. The summed E-state index contributed by atoms with van der Waals surface area (Å²) >= 11 is 0. The zero-order chi connectivity index (χ0) is 20.8. The minimum atomic E-state index is -4.11. The van der Waals surface area contributed by atoms with Gasteiger partial charge >= 0.3 is 13.3 Å². The Morgan fingerprint density at radius 3 is 2.79 bits per heavy atom. The van der Waals surface area contributed by atoms with Crippen molar-refractivity contribution in [2.45, 2.75) is 24.5 Å². The summed E-state index contributed by atoms with van der Waals surface area (Å²) in [5.41, 5.74) is 5.03. The van der Waals surface area contributed by atoms with E-state index in [-0.39, 0.29) is 30.2 Å². The highest BCUT2D eigenvalue weighted by molar-refractivity contribution is 7.50. The van der Waals surface area contributed by atoms with Crippen LogP contribution in [0, 0.1) is 0 Å². The van der Waals surface area contributed by atoms with Crippen molar-refractivity contribution in [2.75, 3.05) is 38.6 Å². The highest BCUT2D eigenvalue weighted by atomic mass is 31.2. The lowest BCUT2D eigenvalue weighted by Crippen LogP contribution is -2.36. The van der Waals surface area contributed by atoms with Gasteiger partial charge in [-0.2, -0.15) is 4.98 Å². The molecule has 2 aromatic heterocycles. The van der Waals surface area contributed by atoms with Gasteiger partial charge in [-0.3, -0.25) is 13.9 Å². The number of aromatic amines is 1. The number of nitrogens with two attached hydrogens (primary N) is 1. The fourth-order valence-electron chi connectivity index (χ4n) is 3.30. The number of imidazole rings is 1. The first-order valence-corrected chi connectivity index (χ1v) is 10.4. The molecule has 0 spiro atoms. The minimum Gasteiger partial charge on any atom is -0.387 e. The number of ether oxygens (including phenoxy) is 2. The third-order valence-corrected chi connectivity index (χ3v) is 6.43. The van der Waals surface area contributed by atoms with Crippen LogP contribution in [0.2, 0.25) is 0 Å². The van der Waals surface area contributed by atoms with Crippen LogP contribution in [0.25, 0.3) is 11.2 Å². The molecule has 4 rings (SSSR count). The van der Waals surface area contributed by atoms with Crippen LogP contribution in [-0.4, -0.2) is 90.5 Å². The molecule has 0 bridgehead atoms. The maximum atomic E-state index is 12.4. The van der Waals surface area contributed by atoms with Gasteiger partial charge in [0.2, 0.25) is 5.95 Å². The number of nitrogens with one attached hydrogen (secondary N) is 1. The van der Waals surface area contributed by atoms with Crippen molar-refractivity contribution in [2.24, 2.45) is 0 Å². The van der Waals surface area contributed by atoms with E-state index in [0.717, 1.165) is 0 Å². The normalized spacial score (nSPS) is 30.6. The van der Waals surface area contributed by atoms with Gasteiger partial charge in [-0.15, -0.1) is 0 Å². The number of H-pyrrole nitrogens is 1. The van der Waals surface area contributed by atoms with E-state index in [0.29, 0.717) is 13.2 Å². The second kappa shape index (κ2) is 7.74. The Morgan fingerprint density at radius 1 is 1.34 bits per heavy atom. The van der Waals surface area contributed by atoms with Crippen molar-refractivity contribution in [3.05, 3.63) is 16.7 Å². The Kier molecular flexibility index (Phi) is 5.44. The van der Waals surface area contributed by atoms with E-state index in [1.54, 1.807) is 0 Å². The number of hydrogen-bond acceptors (Lipinski definition) is 10. The van der Waals surface area contributed by atoms with Crippen LogP contribution >= 0.6 is 7.75 Å². The smallest absolute Gasteiger partial charge is 0.387 e. The highest BCUT2D eigenvalue weighted by Crippen LogP contribution is 2.47. The first-order chi connectivity index (χ1) is 13.8. The van der Waals surface area contributed by atoms with Crippen molar-refractivity contribution in [1.29, 1.82) is 0 Å². The quantitative estimate of drug-likeness (QED) is 0.319. The molecule has 1 unspecified atom stereocenters. The van der Waals surface area contributed by atoms with Crippen molar-refractivity contribution in [1.82, 2.24) is 24.2 Å². The largest absolute Gasteiger partial charge is 0.405 e. The summed E-state index contributed by atoms with van der Waals surface area (Å²) in [5.74, 6) is -0.149. The molecule has 2 fully saturated rings. The first-order valence-electron chi connectivity index (χ1n) is 8.82. The molecule has 29 heavy (non-hydrogen) atoms. The molecular formula is C14H21N6O8P. The molecule has 2 aromatic rings. The number of rotatable bonds is 5. The van der Waals surface area contributed by atoms with Crippen LogP contribution in [0.3, 0.4) is 0 Å². The van der Waals surface area contributed by atoms with Crippen molar-refractivity contribution in [3.63, 3.8) is 0 Å². The van der Waals surface area contributed by atoms with E-state index in [1.807, 2.05) is 0 Å². The molecule has 4 heterocycles. The summed E-state index contributed by atoms with van der Waals surface area (Å²) in [7, 11) is -4.11. The van der Waals surface area contributed by atoms with E-state index in [1.165, 1.54) is 15.6 Å². The molecule has 0 aromatic carbocycles. The van der Waals surface area contributed by atoms with E-state index in [4.69, 9.17) is 19.7 Å². The zero-order valence-electron chi connectivity index (χ0n) is 15.1. The molecule has 160 valence electrons. The molecule has 5 atom stereocenters. The van der Waals surface area contributed by atoms with Gasteiger partial charge in [-0.05, 0) is 0 Å². The Morgan fingerprint density at radius 2 is 2.07 bits per heavy atom. The summed E-state index contributed by atoms with van der Waals surface area (Å²) in [6.45, 7) is 0.642. The van der Waals surface area contributed by atoms with Gasteiger partial charge < -0.3 is 35.3 Å². The molecule has 14 nitrogen and oxygen atoms in total. The molecule has 2 aliphatic heterocycles. The van der Waals surface area contributed by atoms with Gasteiger partial charge in [0.05, 0.1) is 26.1 Å². The van der Waals surface area contributed by atoms with Crippen molar-refractivity contribution < 1.29 is 33.7 Å². The number of aliphatic hydroxyl groups excluding tert-OH is 2. The number of fused-ring (bicyclic) bond motifs is 1. The number of nitrogens with zero attached hydrogens (tertiary/aromatic N) is 4. The van der Waals surface area contributed by atoms with Crippen molar-refractivity contribution >= 4 is 24.9 Å². The number of hydrogen-bond donors (Lipinski definition) is 5. The average molecular weight is 432 g/mol. The Hall–Kier alpha value is -1.90. The fraction of sp³-hybridized carbons (Fsp3) is 0.643. The molecule has 0 aliphatic carbocycles. The van der Waals surface area contributed by atoms with Crippen LogP contribution in [0.1, 0.15) is 6.23 Å². The van der Waals surface area contributed by atoms with E-state index in [2.05, 4.69) is 15.0 Å². The number of aliphatic hydroxyl groups is 2. The number of aromatic nitrogens is 4. The van der Waals surface area contributed by atoms with Crippen LogP contribution in [0.4, 0.5) is 5.95 Å². The summed E-state index contributed by atoms with van der Waals surface area (Å²) in [4.78, 5) is 32.1. The Bertz CT molecular complexity index is 990. The predicted molar refractivity (Wildman–Crippen MR) is 96.7 cm³/mol. The number of morpholine rings is 1. The van der Waals surface area contributed by atoms with Gasteiger partial charge in [0.25, 0.3) is 0 Å². The highest BCUT2D eigenvalue weighted by Gasteiger charge is 2.45. The summed E-state index contributed by atoms with van der Waals surface area (Å²) in [6.07, 6.45) is -3.83. The second-order valence-corrected chi connectivity index (χ2v) is 8.48. The first kappa shape index (κ1) is 20.4. The maximum Gasteiger partial charge on any atom is 0.405 e. The van der Waals surface area contributed by atoms with Gasteiger partial charge in [-0.1, -0.05) is 0 Å². The Balaban J connectivity index is 1.50. The lowest BCUT2D eigenvalue weighted by atomic mass is 10.1. The summed E-state index contributed by atoms with van der Waals surface area (Å²) < 4.78 is 30.9. The second-order valence-electron chi connectivity index (χ2n) is 6.67. The molecule has 0 saturated carbocycles. The van der Waals surface area contributed by atoms with Crippen molar-refractivity contribution in [3.8, 4) is 0 Å². The molecule has 6 N–H and O–H groups in total. The van der Waals surface area contributed by atoms with E-state index in [9.17, 15) is 24.5 Å². The van der Waals surface area contributed by atoms with Crippen LogP contribution < -0.4 is 11.3 Å². The van der Waals surface area contributed by atoms with Gasteiger partial charge in [-0.25, -0.2) is 14.2 Å².